The van der Waals surface area contributed by atoms with E-state index in [2.05, 4.69) is 19.9 Å². The van der Waals surface area contributed by atoms with Crippen LogP contribution in [0, 0.1) is 0 Å². The fourth-order valence-electron chi connectivity index (χ4n) is 3.14. The number of aromatic nitrogens is 3. The fourth-order valence-corrected chi connectivity index (χ4v) is 3.14. The molecule has 0 saturated carbocycles. The van der Waals surface area contributed by atoms with Gasteiger partial charge in [0.1, 0.15) is 0 Å². The highest BCUT2D eigenvalue weighted by atomic mass is 16.4. The van der Waals surface area contributed by atoms with Gasteiger partial charge in [-0.05, 0) is 37.1 Å². The second-order valence-electron chi connectivity index (χ2n) is 6.26. The number of benzene rings is 1. The predicted molar refractivity (Wildman–Crippen MR) is 101 cm³/mol. The third-order valence-corrected chi connectivity index (χ3v) is 4.46. The summed E-state index contributed by atoms with van der Waals surface area (Å²) in [5, 5.41) is 10.1. The van der Waals surface area contributed by atoms with Gasteiger partial charge in [0.2, 0.25) is 5.95 Å². The lowest BCUT2D eigenvalue weighted by Gasteiger charge is -2.14. The molecule has 0 unspecified atom stereocenters. The lowest BCUT2D eigenvalue weighted by molar-refractivity contribution is 0.0699. The zero-order chi connectivity index (χ0) is 17.9. The number of carboxylic acid groups (broad SMARTS) is 1. The van der Waals surface area contributed by atoms with Gasteiger partial charge >= 0.3 is 5.97 Å². The van der Waals surface area contributed by atoms with E-state index in [-0.39, 0.29) is 5.56 Å². The van der Waals surface area contributed by atoms with Crippen molar-refractivity contribution in [2.45, 2.75) is 12.8 Å². The van der Waals surface area contributed by atoms with Gasteiger partial charge in [0, 0.05) is 36.4 Å². The van der Waals surface area contributed by atoms with Gasteiger partial charge in [-0.1, -0.05) is 18.2 Å². The average Bonchev–Trinajstić information content (AvgIpc) is 3.21. The Kier molecular flexibility index (Phi) is 4.31. The van der Waals surface area contributed by atoms with E-state index in [9.17, 15) is 9.90 Å². The Hall–Kier alpha value is -3.28. The minimum absolute atomic E-state index is 0.246. The molecule has 3 aromatic rings. The number of pyridine rings is 1. The molecule has 3 heterocycles. The highest BCUT2D eigenvalue weighted by molar-refractivity contribution is 6.03. The van der Waals surface area contributed by atoms with Crippen LogP contribution in [0.1, 0.15) is 34.5 Å². The molecule has 0 spiro atoms. The van der Waals surface area contributed by atoms with Gasteiger partial charge in [0.05, 0.1) is 16.8 Å². The van der Waals surface area contributed by atoms with Gasteiger partial charge in [-0.3, -0.25) is 0 Å². The maximum atomic E-state index is 11.5. The number of carbonyl (C=O) groups is 1. The molecule has 4 rings (SSSR count). The number of anilines is 1. The first kappa shape index (κ1) is 16.2. The smallest absolute Gasteiger partial charge is 0.336 e. The highest BCUT2D eigenvalue weighted by Gasteiger charge is 2.14. The normalized spacial score (nSPS) is 14.4. The molecular weight excluding hydrogens is 328 g/mol. The van der Waals surface area contributed by atoms with Gasteiger partial charge in [-0.25, -0.2) is 19.7 Å². The van der Waals surface area contributed by atoms with E-state index in [0.717, 1.165) is 24.6 Å². The van der Waals surface area contributed by atoms with Crippen molar-refractivity contribution in [1.82, 2.24) is 15.0 Å². The molecular formula is C20H18N4O2. The molecule has 1 fully saturated rings. The quantitative estimate of drug-likeness (QED) is 0.779. The first-order chi connectivity index (χ1) is 12.7. The molecule has 6 heteroatoms. The van der Waals surface area contributed by atoms with E-state index in [0.29, 0.717) is 16.6 Å². The molecule has 0 amide bonds. The van der Waals surface area contributed by atoms with E-state index < -0.39 is 5.97 Å². The van der Waals surface area contributed by atoms with Gasteiger partial charge < -0.3 is 10.0 Å². The van der Waals surface area contributed by atoms with E-state index in [1.165, 1.54) is 12.8 Å². The number of aromatic carboxylic acids is 1. The molecule has 1 aromatic carbocycles. The summed E-state index contributed by atoms with van der Waals surface area (Å²) in [6.07, 6.45) is 9.55. The highest BCUT2D eigenvalue weighted by Crippen LogP contribution is 2.20. The molecule has 0 bridgehead atoms. The molecule has 6 nitrogen and oxygen atoms in total. The van der Waals surface area contributed by atoms with Crippen LogP contribution in [0.25, 0.3) is 23.1 Å². The minimum atomic E-state index is -0.962. The van der Waals surface area contributed by atoms with E-state index >= 15 is 0 Å². The first-order valence-corrected chi connectivity index (χ1v) is 8.59. The number of rotatable bonds is 4. The molecule has 1 saturated heterocycles. The van der Waals surface area contributed by atoms with Crippen LogP contribution in [-0.4, -0.2) is 39.1 Å². The van der Waals surface area contributed by atoms with Crippen molar-refractivity contribution in [3.8, 4) is 0 Å². The average molecular weight is 346 g/mol. The zero-order valence-electron chi connectivity index (χ0n) is 14.2. The standard InChI is InChI=1S/C20H18N4O2/c25-19(26)17-11-15(23-18-6-2-1-5-16(17)18)8-7-14-12-21-20(22-13-14)24-9-3-4-10-24/h1-2,5-8,11-13H,3-4,9-10H2,(H,25,26). The fraction of sp³-hybridized carbons (Fsp3) is 0.200. The van der Waals surface area contributed by atoms with Gasteiger partial charge in [-0.2, -0.15) is 0 Å². The first-order valence-electron chi connectivity index (χ1n) is 8.59. The SMILES string of the molecule is O=C(O)c1cc(C=Cc2cnc(N3CCCC3)nc2)nc2ccccc12. The van der Waals surface area contributed by atoms with Crippen LogP contribution in [0.5, 0.6) is 0 Å². The van der Waals surface area contributed by atoms with E-state index in [4.69, 9.17) is 0 Å². The zero-order valence-corrected chi connectivity index (χ0v) is 14.2. The second-order valence-corrected chi connectivity index (χ2v) is 6.26. The minimum Gasteiger partial charge on any atom is -0.478 e. The Morgan fingerprint density at radius 3 is 2.54 bits per heavy atom. The van der Waals surface area contributed by atoms with Crippen molar-refractivity contribution >= 4 is 35.0 Å². The molecule has 1 aliphatic heterocycles. The van der Waals surface area contributed by atoms with E-state index in [1.54, 1.807) is 30.6 Å². The molecule has 0 aliphatic carbocycles. The number of para-hydroxylation sites is 1. The predicted octanol–water partition coefficient (Wildman–Crippen LogP) is 3.49. The van der Waals surface area contributed by atoms with Crippen LogP contribution < -0.4 is 4.90 Å². The Labute approximate surface area is 150 Å². The largest absolute Gasteiger partial charge is 0.478 e. The summed E-state index contributed by atoms with van der Waals surface area (Å²) in [5.74, 6) is -0.201. The summed E-state index contributed by atoms with van der Waals surface area (Å²) in [6.45, 7) is 2.02. The Morgan fingerprint density at radius 2 is 1.81 bits per heavy atom. The Bertz CT molecular complexity index is 977. The second kappa shape index (κ2) is 6.92. The summed E-state index contributed by atoms with van der Waals surface area (Å²) >= 11 is 0. The third kappa shape index (κ3) is 3.26. The third-order valence-electron chi connectivity index (χ3n) is 4.46. The van der Waals surface area contributed by atoms with Crippen LogP contribution in [0.3, 0.4) is 0 Å². The lowest BCUT2D eigenvalue weighted by Crippen LogP contribution is -2.20. The lowest BCUT2D eigenvalue weighted by atomic mass is 10.1. The number of carboxylic acids is 1. The van der Waals surface area contributed by atoms with Crippen molar-refractivity contribution < 1.29 is 9.90 Å². The summed E-state index contributed by atoms with van der Waals surface area (Å²) in [5.41, 5.74) is 2.34. The summed E-state index contributed by atoms with van der Waals surface area (Å²) in [6, 6.07) is 8.82. The number of hydrogen-bond donors (Lipinski definition) is 1. The molecule has 26 heavy (non-hydrogen) atoms. The number of hydrogen-bond acceptors (Lipinski definition) is 5. The summed E-state index contributed by atoms with van der Waals surface area (Å²) in [4.78, 5) is 27.1. The van der Waals surface area contributed by atoms with Crippen molar-refractivity contribution in [3.63, 3.8) is 0 Å². The maximum Gasteiger partial charge on any atom is 0.336 e. The van der Waals surface area contributed by atoms with Crippen molar-refractivity contribution in [2.75, 3.05) is 18.0 Å². The molecule has 0 radical (unpaired) electrons. The summed E-state index contributed by atoms with van der Waals surface area (Å²) < 4.78 is 0. The van der Waals surface area contributed by atoms with Crippen molar-refractivity contribution in [3.05, 3.63) is 59.5 Å². The molecule has 0 atom stereocenters. The maximum absolute atomic E-state index is 11.5. The number of nitrogens with zero attached hydrogens (tertiary/aromatic N) is 4. The van der Waals surface area contributed by atoms with Crippen LogP contribution in [0.2, 0.25) is 0 Å². The van der Waals surface area contributed by atoms with Gasteiger partial charge in [-0.15, -0.1) is 0 Å². The Morgan fingerprint density at radius 1 is 1.08 bits per heavy atom. The van der Waals surface area contributed by atoms with Crippen LogP contribution in [0.15, 0.2) is 42.7 Å². The molecule has 1 N–H and O–H groups in total. The summed E-state index contributed by atoms with van der Waals surface area (Å²) in [7, 11) is 0. The van der Waals surface area contributed by atoms with Crippen molar-refractivity contribution in [2.24, 2.45) is 0 Å². The molecule has 1 aliphatic rings. The van der Waals surface area contributed by atoms with Crippen molar-refractivity contribution in [1.29, 1.82) is 0 Å². The number of fused-ring (bicyclic) bond motifs is 1. The monoisotopic (exact) mass is 346 g/mol. The molecule has 130 valence electrons. The van der Waals surface area contributed by atoms with E-state index in [1.807, 2.05) is 24.3 Å². The van der Waals surface area contributed by atoms with Crippen LogP contribution in [-0.2, 0) is 0 Å². The topological polar surface area (TPSA) is 79.2 Å². The van der Waals surface area contributed by atoms with Crippen LogP contribution in [0.4, 0.5) is 5.95 Å². The van der Waals surface area contributed by atoms with Gasteiger partial charge in [0.15, 0.2) is 0 Å². The van der Waals surface area contributed by atoms with Gasteiger partial charge in [0.25, 0.3) is 0 Å². The Balaban J connectivity index is 1.61. The van der Waals surface area contributed by atoms with Crippen LogP contribution >= 0.6 is 0 Å². The molecule has 2 aromatic heterocycles.